The van der Waals surface area contributed by atoms with Gasteiger partial charge in [0, 0.05) is 18.5 Å². The summed E-state index contributed by atoms with van der Waals surface area (Å²) in [4.78, 5) is 13.3. The summed E-state index contributed by atoms with van der Waals surface area (Å²) in [5.41, 5.74) is -0.127. The van der Waals surface area contributed by atoms with Gasteiger partial charge in [-0.05, 0) is 32.2 Å². The molecule has 0 saturated heterocycles. The van der Waals surface area contributed by atoms with Crippen molar-refractivity contribution in [1.29, 1.82) is 0 Å². The highest BCUT2D eigenvalue weighted by Crippen LogP contribution is 2.30. The second-order valence-corrected chi connectivity index (χ2v) is 5.16. The molecule has 1 atom stereocenters. The summed E-state index contributed by atoms with van der Waals surface area (Å²) in [5, 5.41) is 0. The molecule has 2 nitrogen and oxygen atoms in total. The van der Waals surface area contributed by atoms with E-state index in [-0.39, 0.29) is 5.41 Å². The monoisotopic (exact) mass is 197 g/mol. The molecule has 0 aromatic carbocycles. The Morgan fingerprint density at radius 2 is 2.14 bits per heavy atom. The van der Waals surface area contributed by atoms with E-state index in [0.717, 1.165) is 31.6 Å². The number of nitrogens with zero attached hydrogens (tertiary/aromatic N) is 1. The molecule has 82 valence electrons. The molecule has 0 radical (unpaired) electrons. The molecular weight excluding hydrogens is 174 g/mol. The highest BCUT2D eigenvalue weighted by atomic mass is 16.1. The molecule has 0 aliphatic heterocycles. The standard InChI is InChI=1S/C12H23NO/c1-4-7-12(2,10-14)9-13(3)8-11-5-6-11/h10-11H,4-9H2,1-3H3. The minimum absolute atomic E-state index is 0.127. The van der Waals surface area contributed by atoms with Gasteiger partial charge < -0.3 is 9.69 Å². The van der Waals surface area contributed by atoms with Crippen LogP contribution in [0.15, 0.2) is 0 Å². The van der Waals surface area contributed by atoms with Gasteiger partial charge in [-0.25, -0.2) is 0 Å². The van der Waals surface area contributed by atoms with E-state index in [1.165, 1.54) is 19.4 Å². The van der Waals surface area contributed by atoms with Crippen LogP contribution in [0.4, 0.5) is 0 Å². The van der Waals surface area contributed by atoms with Crippen LogP contribution in [0.2, 0.25) is 0 Å². The molecule has 0 N–H and O–H groups in total. The summed E-state index contributed by atoms with van der Waals surface area (Å²) >= 11 is 0. The van der Waals surface area contributed by atoms with Crippen molar-refractivity contribution < 1.29 is 4.79 Å². The van der Waals surface area contributed by atoms with Crippen LogP contribution in [0.5, 0.6) is 0 Å². The maximum atomic E-state index is 11.0. The van der Waals surface area contributed by atoms with Crippen LogP contribution in [0.3, 0.4) is 0 Å². The van der Waals surface area contributed by atoms with Gasteiger partial charge in [0.2, 0.25) is 0 Å². The highest BCUT2D eigenvalue weighted by Gasteiger charge is 2.28. The molecule has 2 heteroatoms. The predicted octanol–water partition coefficient (Wildman–Crippen LogP) is 2.33. The first-order valence-corrected chi connectivity index (χ1v) is 5.74. The Morgan fingerprint density at radius 3 is 2.57 bits per heavy atom. The van der Waals surface area contributed by atoms with Crippen molar-refractivity contribution in [2.45, 2.75) is 39.5 Å². The Kier molecular flexibility index (Phi) is 4.11. The largest absolute Gasteiger partial charge is 0.305 e. The maximum absolute atomic E-state index is 11.0. The average Bonchev–Trinajstić information content (AvgIpc) is 2.88. The van der Waals surface area contributed by atoms with Crippen molar-refractivity contribution >= 4 is 6.29 Å². The van der Waals surface area contributed by atoms with E-state index in [9.17, 15) is 4.79 Å². The van der Waals surface area contributed by atoms with Gasteiger partial charge in [-0.3, -0.25) is 0 Å². The fraction of sp³-hybridized carbons (Fsp3) is 0.917. The second-order valence-electron chi connectivity index (χ2n) is 5.16. The summed E-state index contributed by atoms with van der Waals surface area (Å²) in [6, 6.07) is 0. The van der Waals surface area contributed by atoms with E-state index in [1.807, 2.05) is 0 Å². The minimum Gasteiger partial charge on any atom is -0.305 e. The molecule has 1 rings (SSSR count). The van der Waals surface area contributed by atoms with Gasteiger partial charge in [0.25, 0.3) is 0 Å². The van der Waals surface area contributed by atoms with Gasteiger partial charge >= 0.3 is 0 Å². The molecule has 0 heterocycles. The average molecular weight is 197 g/mol. The van der Waals surface area contributed by atoms with Gasteiger partial charge in [0.15, 0.2) is 0 Å². The minimum atomic E-state index is -0.127. The molecule has 0 amide bonds. The van der Waals surface area contributed by atoms with Crippen LogP contribution < -0.4 is 0 Å². The summed E-state index contributed by atoms with van der Waals surface area (Å²) < 4.78 is 0. The Balaban J connectivity index is 2.32. The summed E-state index contributed by atoms with van der Waals surface area (Å²) in [5.74, 6) is 0.914. The molecule has 0 bridgehead atoms. The van der Waals surface area contributed by atoms with Gasteiger partial charge in [-0.1, -0.05) is 20.3 Å². The lowest BCUT2D eigenvalue weighted by molar-refractivity contribution is -0.116. The van der Waals surface area contributed by atoms with Crippen LogP contribution in [-0.2, 0) is 4.79 Å². The van der Waals surface area contributed by atoms with E-state index in [1.54, 1.807) is 0 Å². The molecule has 0 spiro atoms. The Hall–Kier alpha value is -0.370. The molecular formula is C12H23NO. The molecule has 1 saturated carbocycles. The van der Waals surface area contributed by atoms with Gasteiger partial charge in [-0.15, -0.1) is 0 Å². The number of hydrogen-bond acceptors (Lipinski definition) is 2. The highest BCUT2D eigenvalue weighted by molar-refractivity contribution is 5.58. The van der Waals surface area contributed by atoms with Crippen molar-refractivity contribution in [2.24, 2.45) is 11.3 Å². The molecule has 0 aromatic rings. The molecule has 14 heavy (non-hydrogen) atoms. The zero-order valence-corrected chi connectivity index (χ0v) is 9.75. The normalized spacial score (nSPS) is 20.9. The lowest BCUT2D eigenvalue weighted by Crippen LogP contribution is -2.35. The molecule has 1 aliphatic carbocycles. The van der Waals surface area contributed by atoms with E-state index in [0.29, 0.717) is 0 Å². The van der Waals surface area contributed by atoms with Crippen LogP contribution in [0.25, 0.3) is 0 Å². The van der Waals surface area contributed by atoms with E-state index in [2.05, 4.69) is 25.8 Å². The van der Waals surface area contributed by atoms with E-state index >= 15 is 0 Å². The summed E-state index contributed by atoms with van der Waals surface area (Å²) in [6.07, 6.45) is 6.00. The zero-order chi connectivity index (χ0) is 10.6. The maximum Gasteiger partial charge on any atom is 0.127 e. The van der Waals surface area contributed by atoms with E-state index in [4.69, 9.17) is 0 Å². The number of hydrogen-bond donors (Lipinski definition) is 0. The number of carbonyl (C=O) groups excluding carboxylic acids is 1. The van der Waals surface area contributed by atoms with Crippen molar-refractivity contribution in [2.75, 3.05) is 20.1 Å². The Bertz CT molecular complexity index is 189. The van der Waals surface area contributed by atoms with Gasteiger partial charge in [0.1, 0.15) is 6.29 Å². The topological polar surface area (TPSA) is 20.3 Å². The lowest BCUT2D eigenvalue weighted by atomic mass is 9.87. The molecule has 1 unspecified atom stereocenters. The van der Waals surface area contributed by atoms with Crippen molar-refractivity contribution in [3.8, 4) is 0 Å². The first-order chi connectivity index (χ1) is 6.59. The predicted molar refractivity (Wildman–Crippen MR) is 59.3 cm³/mol. The fourth-order valence-electron chi connectivity index (χ4n) is 2.17. The third kappa shape index (κ3) is 3.79. The number of carbonyl (C=O) groups is 1. The third-order valence-electron chi connectivity index (χ3n) is 3.00. The fourth-order valence-corrected chi connectivity index (χ4v) is 2.17. The van der Waals surface area contributed by atoms with Crippen LogP contribution in [0.1, 0.15) is 39.5 Å². The van der Waals surface area contributed by atoms with Crippen LogP contribution in [-0.4, -0.2) is 31.3 Å². The molecule has 1 aliphatic rings. The quantitative estimate of drug-likeness (QED) is 0.584. The second kappa shape index (κ2) is 4.92. The SMILES string of the molecule is CCCC(C)(C=O)CN(C)CC1CC1. The van der Waals surface area contributed by atoms with Crippen molar-refractivity contribution in [3.63, 3.8) is 0 Å². The Morgan fingerprint density at radius 1 is 1.50 bits per heavy atom. The third-order valence-corrected chi connectivity index (χ3v) is 3.00. The van der Waals surface area contributed by atoms with Gasteiger partial charge in [0.05, 0.1) is 0 Å². The Labute approximate surface area is 87.7 Å². The van der Waals surface area contributed by atoms with Crippen molar-refractivity contribution in [1.82, 2.24) is 4.90 Å². The first-order valence-electron chi connectivity index (χ1n) is 5.74. The van der Waals surface area contributed by atoms with Crippen LogP contribution >= 0.6 is 0 Å². The van der Waals surface area contributed by atoms with E-state index < -0.39 is 0 Å². The molecule has 0 aromatic heterocycles. The molecule has 1 fully saturated rings. The lowest BCUT2D eigenvalue weighted by Gasteiger charge is -2.28. The number of aldehydes is 1. The zero-order valence-electron chi connectivity index (χ0n) is 9.75. The first kappa shape index (κ1) is 11.7. The van der Waals surface area contributed by atoms with Gasteiger partial charge in [-0.2, -0.15) is 0 Å². The van der Waals surface area contributed by atoms with Crippen molar-refractivity contribution in [3.05, 3.63) is 0 Å². The summed E-state index contributed by atoms with van der Waals surface area (Å²) in [6.45, 7) is 6.31. The smallest absolute Gasteiger partial charge is 0.127 e. The van der Waals surface area contributed by atoms with Crippen LogP contribution in [0, 0.1) is 11.3 Å². The number of rotatable bonds is 7. The summed E-state index contributed by atoms with van der Waals surface area (Å²) in [7, 11) is 2.13.